The third-order valence-corrected chi connectivity index (χ3v) is 4.11. The Kier molecular flexibility index (Phi) is 5.41. The number of aromatic nitrogens is 1. The number of ether oxygens (including phenoxy) is 2. The summed E-state index contributed by atoms with van der Waals surface area (Å²) in [5, 5.41) is 13.5. The van der Waals surface area contributed by atoms with Crippen LogP contribution >= 0.6 is 0 Å². The first kappa shape index (κ1) is 18.5. The second kappa shape index (κ2) is 7.92. The third-order valence-electron chi connectivity index (χ3n) is 4.11. The van der Waals surface area contributed by atoms with E-state index in [-0.39, 0.29) is 5.82 Å². The van der Waals surface area contributed by atoms with Gasteiger partial charge in [-0.25, -0.2) is 4.39 Å². The van der Waals surface area contributed by atoms with Crippen molar-refractivity contribution in [1.29, 1.82) is 5.26 Å². The van der Waals surface area contributed by atoms with Crippen LogP contribution in [-0.4, -0.2) is 18.2 Å². The van der Waals surface area contributed by atoms with Crippen LogP contribution in [-0.2, 0) is 0 Å². The minimum Gasteiger partial charge on any atom is -0.490 e. The van der Waals surface area contributed by atoms with E-state index in [4.69, 9.17) is 9.47 Å². The summed E-state index contributed by atoms with van der Waals surface area (Å²) in [6.45, 7) is 6.55. The van der Waals surface area contributed by atoms with Crippen molar-refractivity contribution in [2.45, 2.75) is 20.8 Å². The van der Waals surface area contributed by atoms with E-state index in [0.717, 1.165) is 10.9 Å². The molecule has 1 N–H and O–H groups in total. The maximum absolute atomic E-state index is 13.4. The second-order valence-electron chi connectivity index (χ2n) is 5.90. The molecule has 1 aromatic heterocycles. The molecule has 0 atom stereocenters. The lowest BCUT2D eigenvalue weighted by Gasteiger charge is -2.17. The Balaban J connectivity index is 2.21. The maximum Gasteiger partial charge on any atom is 0.187 e. The molecule has 0 saturated heterocycles. The number of hydrogen-bond acceptors (Lipinski definition) is 5. The average molecular weight is 365 g/mol. The summed E-state index contributed by atoms with van der Waals surface area (Å²) < 4.78 is 24.8. The van der Waals surface area contributed by atoms with Crippen LogP contribution in [0, 0.1) is 24.1 Å². The fourth-order valence-electron chi connectivity index (χ4n) is 2.90. The zero-order valence-electron chi connectivity index (χ0n) is 15.5. The molecular formula is C21H20FN3O2. The number of anilines is 2. The van der Waals surface area contributed by atoms with E-state index in [9.17, 15) is 9.65 Å². The Morgan fingerprint density at radius 3 is 2.59 bits per heavy atom. The number of halogens is 1. The molecule has 0 radical (unpaired) electrons. The summed E-state index contributed by atoms with van der Waals surface area (Å²) in [4.78, 5) is 4.42. The lowest BCUT2D eigenvalue weighted by Crippen LogP contribution is -2.03. The SMILES string of the molecule is CCOc1ccc2c(Nc3ccc(F)cc3C)c(C#N)cnc2c1OCC. The fraction of sp³-hybridized carbons (Fsp3) is 0.238. The molecule has 3 rings (SSSR count). The van der Waals surface area contributed by atoms with E-state index in [1.807, 2.05) is 26.0 Å². The number of nitrogens with one attached hydrogen (secondary N) is 1. The first-order valence-electron chi connectivity index (χ1n) is 8.73. The molecule has 0 bridgehead atoms. The standard InChI is InChI=1S/C21H20FN3O2/c1-4-26-18-9-7-16-19(25-17-8-6-15(22)10-13(17)3)14(11-23)12-24-20(16)21(18)27-5-2/h6-10,12H,4-5H2,1-3H3,(H,24,25). The normalized spacial score (nSPS) is 10.5. The summed E-state index contributed by atoms with van der Waals surface area (Å²) in [6, 6.07) is 10.3. The number of fused-ring (bicyclic) bond motifs is 1. The van der Waals surface area contributed by atoms with E-state index >= 15 is 0 Å². The van der Waals surface area contributed by atoms with Gasteiger partial charge in [0.25, 0.3) is 0 Å². The van der Waals surface area contributed by atoms with Crippen molar-refractivity contribution in [1.82, 2.24) is 4.98 Å². The van der Waals surface area contributed by atoms with Crippen molar-refractivity contribution in [3.8, 4) is 17.6 Å². The van der Waals surface area contributed by atoms with Crippen molar-refractivity contribution >= 4 is 22.3 Å². The Morgan fingerprint density at radius 1 is 1.15 bits per heavy atom. The molecule has 2 aromatic carbocycles. The molecule has 0 aliphatic rings. The molecule has 0 amide bonds. The molecule has 1 heterocycles. The van der Waals surface area contributed by atoms with Gasteiger partial charge in [-0.1, -0.05) is 0 Å². The van der Waals surface area contributed by atoms with Gasteiger partial charge in [-0.15, -0.1) is 0 Å². The van der Waals surface area contributed by atoms with Gasteiger partial charge in [0.1, 0.15) is 17.4 Å². The van der Waals surface area contributed by atoms with Crippen LogP contribution in [0.2, 0.25) is 0 Å². The van der Waals surface area contributed by atoms with E-state index in [2.05, 4.69) is 16.4 Å². The zero-order valence-corrected chi connectivity index (χ0v) is 15.5. The Labute approximate surface area is 157 Å². The first-order valence-corrected chi connectivity index (χ1v) is 8.73. The molecule has 3 aromatic rings. The van der Waals surface area contributed by atoms with Gasteiger partial charge in [0.05, 0.1) is 24.5 Å². The lowest BCUT2D eigenvalue weighted by atomic mass is 10.1. The fourth-order valence-corrected chi connectivity index (χ4v) is 2.90. The number of nitrogens with zero attached hydrogens (tertiary/aromatic N) is 2. The summed E-state index contributed by atoms with van der Waals surface area (Å²) in [5.41, 5.74) is 3.04. The number of hydrogen-bond donors (Lipinski definition) is 1. The third kappa shape index (κ3) is 3.63. The highest BCUT2D eigenvalue weighted by Gasteiger charge is 2.17. The van der Waals surface area contributed by atoms with Crippen LogP contribution < -0.4 is 14.8 Å². The number of nitriles is 1. The Morgan fingerprint density at radius 2 is 1.93 bits per heavy atom. The van der Waals surface area contributed by atoms with Crippen LogP contribution in [0.15, 0.2) is 36.5 Å². The molecule has 0 saturated carbocycles. The quantitative estimate of drug-likeness (QED) is 0.659. The Bertz CT molecular complexity index is 1030. The van der Waals surface area contributed by atoms with Gasteiger partial charge in [0, 0.05) is 17.3 Å². The molecule has 0 unspecified atom stereocenters. The molecule has 6 heteroatoms. The first-order chi connectivity index (χ1) is 13.1. The van der Waals surface area contributed by atoms with Gasteiger partial charge in [-0.2, -0.15) is 5.26 Å². The van der Waals surface area contributed by atoms with Crippen molar-refractivity contribution in [2.24, 2.45) is 0 Å². The molecule has 0 aliphatic heterocycles. The number of rotatable bonds is 6. The topological polar surface area (TPSA) is 67.2 Å². The monoisotopic (exact) mass is 365 g/mol. The maximum atomic E-state index is 13.4. The minimum atomic E-state index is -0.307. The van der Waals surface area contributed by atoms with Crippen LogP contribution in [0.5, 0.6) is 11.5 Å². The molecule has 0 fully saturated rings. The van der Waals surface area contributed by atoms with E-state index in [0.29, 0.717) is 47.2 Å². The summed E-state index contributed by atoms with van der Waals surface area (Å²) >= 11 is 0. The van der Waals surface area contributed by atoms with Gasteiger partial charge < -0.3 is 14.8 Å². The van der Waals surface area contributed by atoms with Gasteiger partial charge in [0.2, 0.25) is 0 Å². The van der Waals surface area contributed by atoms with Crippen molar-refractivity contribution < 1.29 is 13.9 Å². The van der Waals surface area contributed by atoms with E-state index in [1.165, 1.54) is 18.3 Å². The molecule has 0 spiro atoms. The summed E-state index contributed by atoms with van der Waals surface area (Å²) in [5.74, 6) is 0.839. The largest absolute Gasteiger partial charge is 0.490 e. The zero-order chi connectivity index (χ0) is 19.4. The second-order valence-corrected chi connectivity index (χ2v) is 5.90. The van der Waals surface area contributed by atoms with Gasteiger partial charge in [-0.3, -0.25) is 4.98 Å². The lowest BCUT2D eigenvalue weighted by molar-refractivity contribution is 0.290. The van der Waals surface area contributed by atoms with E-state index in [1.54, 1.807) is 13.0 Å². The molecule has 27 heavy (non-hydrogen) atoms. The van der Waals surface area contributed by atoms with Crippen molar-refractivity contribution in [2.75, 3.05) is 18.5 Å². The predicted octanol–water partition coefficient (Wildman–Crippen LogP) is 5.10. The van der Waals surface area contributed by atoms with Crippen molar-refractivity contribution in [3.63, 3.8) is 0 Å². The smallest absolute Gasteiger partial charge is 0.187 e. The van der Waals surface area contributed by atoms with Gasteiger partial charge in [0.15, 0.2) is 11.5 Å². The Hall–Kier alpha value is -3.33. The van der Waals surface area contributed by atoms with Gasteiger partial charge >= 0.3 is 0 Å². The summed E-state index contributed by atoms with van der Waals surface area (Å²) in [7, 11) is 0. The summed E-state index contributed by atoms with van der Waals surface area (Å²) in [6.07, 6.45) is 1.50. The highest BCUT2D eigenvalue weighted by molar-refractivity contribution is 6.00. The van der Waals surface area contributed by atoms with Crippen molar-refractivity contribution in [3.05, 3.63) is 53.5 Å². The molecule has 5 nitrogen and oxygen atoms in total. The average Bonchev–Trinajstić information content (AvgIpc) is 2.66. The minimum absolute atomic E-state index is 0.307. The van der Waals surface area contributed by atoms with Gasteiger partial charge in [-0.05, 0) is 56.7 Å². The van der Waals surface area contributed by atoms with Crippen LogP contribution in [0.1, 0.15) is 25.0 Å². The number of benzene rings is 2. The van der Waals surface area contributed by atoms with Crippen LogP contribution in [0.4, 0.5) is 15.8 Å². The number of pyridine rings is 1. The highest BCUT2D eigenvalue weighted by atomic mass is 19.1. The van der Waals surface area contributed by atoms with Crippen LogP contribution in [0.25, 0.3) is 10.9 Å². The van der Waals surface area contributed by atoms with Crippen LogP contribution in [0.3, 0.4) is 0 Å². The molecule has 0 aliphatic carbocycles. The molecular weight excluding hydrogens is 345 g/mol. The predicted molar refractivity (Wildman–Crippen MR) is 103 cm³/mol. The number of aryl methyl sites for hydroxylation is 1. The molecule has 138 valence electrons. The highest BCUT2D eigenvalue weighted by Crippen LogP contribution is 2.39. The van der Waals surface area contributed by atoms with E-state index < -0.39 is 0 Å².